The summed E-state index contributed by atoms with van der Waals surface area (Å²) in [7, 11) is 3.19. The molecule has 3 nitrogen and oxygen atoms in total. The third kappa shape index (κ3) is 2.37. The van der Waals surface area contributed by atoms with Crippen molar-refractivity contribution in [2.75, 3.05) is 14.2 Å². The Labute approximate surface area is 77.7 Å². The number of benzene rings is 1. The first-order chi connectivity index (χ1) is 6.29. The summed E-state index contributed by atoms with van der Waals surface area (Å²) in [4.78, 5) is 11.6. The fraction of sp³-hybridized carbons (Fsp3) is 0.300. The van der Waals surface area contributed by atoms with Gasteiger partial charge in [0.2, 0.25) is 5.78 Å². The molecule has 0 aliphatic carbocycles. The second kappa shape index (κ2) is 4.74. The van der Waals surface area contributed by atoms with Crippen molar-refractivity contribution in [3.8, 4) is 0 Å². The Morgan fingerprint density at radius 1 is 1.38 bits per heavy atom. The molecule has 1 N–H and O–H groups in total. The molecule has 0 saturated carbocycles. The maximum absolute atomic E-state index is 11.6. The number of nitrogens with one attached hydrogen (secondary N) is 1. The zero-order valence-electron chi connectivity index (χ0n) is 7.78. The van der Waals surface area contributed by atoms with Crippen molar-refractivity contribution in [2.45, 2.75) is 6.23 Å². The van der Waals surface area contributed by atoms with Crippen LogP contribution >= 0.6 is 0 Å². The lowest BCUT2D eigenvalue weighted by atomic mass is 10.1. The molecule has 0 amide bonds. The number of Topliss-reactive ketones (excluding diaryl/α,β-unsaturated/α-hetero) is 1. The molecule has 0 aromatic heterocycles. The third-order valence-corrected chi connectivity index (χ3v) is 1.79. The SMILES string of the molecule is CNC(OC)C(=O)c1ccccc1. The molecule has 0 aliphatic heterocycles. The summed E-state index contributed by atoms with van der Waals surface area (Å²) in [5.74, 6) is -0.0504. The van der Waals surface area contributed by atoms with Gasteiger partial charge in [-0.15, -0.1) is 0 Å². The number of carbonyl (C=O) groups excluding carboxylic acids is 1. The molecule has 1 aromatic carbocycles. The molecular weight excluding hydrogens is 166 g/mol. The normalized spacial score (nSPS) is 12.5. The van der Waals surface area contributed by atoms with Crippen molar-refractivity contribution in [1.29, 1.82) is 0 Å². The molecule has 0 heterocycles. The van der Waals surface area contributed by atoms with E-state index < -0.39 is 6.23 Å². The van der Waals surface area contributed by atoms with Gasteiger partial charge in [0.05, 0.1) is 0 Å². The summed E-state index contributed by atoms with van der Waals surface area (Å²) in [5.41, 5.74) is 0.656. The Hall–Kier alpha value is -1.19. The van der Waals surface area contributed by atoms with Crippen molar-refractivity contribution in [1.82, 2.24) is 5.32 Å². The summed E-state index contributed by atoms with van der Waals surface area (Å²) < 4.78 is 4.96. The van der Waals surface area contributed by atoms with E-state index in [-0.39, 0.29) is 5.78 Å². The Balaban J connectivity index is 2.78. The van der Waals surface area contributed by atoms with Crippen LogP contribution in [0.2, 0.25) is 0 Å². The molecule has 0 aliphatic rings. The van der Waals surface area contributed by atoms with E-state index in [1.165, 1.54) is 7.11 Å². The monoisotopic (exact) mass is 179 g/mol. The highest BCUT2D eigenvalue weighted by Crippen LogP contribution is 2.03. The maximum atomic E-state index is 11.6. The maximum Gasteiger partial charge on any atom is 0.206 e. The van der Waals surface area contributed by atoms with Gasteiger partial charge in [-0.3, -0.25) is 10.1 Å². The van der Waals surface area contributed by atoms with Gasteiger partial charge in [0.1, 0.15) is 0 Å². The van der Waals surface area contributed by atoms with E-state index in [0.717, 1.165) is 0 Å². The van der Waals surface area contributed by atoms with Crippen LogP contribution in [0.15, 0.2) is 30.3 Å². The first kappa shape index (κ1) is 9.89. The van der Waals surface area contributed by atoms with Gasteiger partial charge in [-0.1, -0.05) is 30.3 Å². The van der Waals surface area contributed by atoms with Crippen LogP contribution in [0.4, 0.5) is 0 Å². The number of carbonyl (C=O) groups is 1. The van der Waals surface area contributed by atoms with Gasteiger partial charge in [0.15, 0.2) is 6.23 Å². The number of rotatable bonds is 4. The molecule has 1 aromatic rings. The molecule has 3 heteroatoms. The second-order valence-corrected chi connectivity index (χ2v) is 2.63. The lowest BCUT2D eigenvalue weighted by Crippen LogP contribution is -2.35. The van der Waals surface area contributed by atoms with E-state index in [0.29, 0.717) is 5.56 Å². The molecule has 0 fully saturated rings. The lowest BCUT2D eigenvalue weighted by Gasteiger charge is -2.12. The van der Waals surface area contributed by atoms with E-state index in [9.17, 15) is 4.79 Å². The van der Waals surface area contributed by atoms with Crippen molar-refractivity contribution >= 4 is 5.78 Å². The van der Waals surface area contributed by atoms with Crippen molar-refractivity contribution in [3.05, 3.63) is 35.9 Å². The van der Waals surface area contributed by atoms with E-state index in [1.54, 1.807) is 19.2 Å². The largest absolute Gasteiger partial charge is 0.359 e. The molecule has 13 heavy (non-hydrogen) atoms. The van der Waals surface area contributed by atoms with Gasteiger partial charge < -0.3 is 4.74 Å². The molecule has 0 spiro atoms. The number of hydrogen-bond donors (Lipinski definition) is 1. The molecule has 70 valence electrons. The minimum absolute atomic E-state index is 0.0504. The summed E-state index contributed by atoms with van der Waals surface area (Å²) in [6.45, 7) is 0. The zero-order chi connectivity index (χ0) is 9.68. The van der Waals surface area contributed by atoms with Gasteiger partial charge in [-0.25, -0.2) is 0 Å². The topological polar surface area (TPSA) is 38.3 Å². The average Bonchev–Trinajstić information content (AvgIpc) is 2.21. The number of methoxy groups -OCH3 is 1. The Kier molecular flexibility index (Phi) is 3.61. The fourth-order valence-electron chi connectivity index (χ4n) is 1.11. The third-order valence-electron chi connectivity index (χ3n) is 1.79. The standard InChI is InChI=1S/C10H13NO2/c1-11-10(13-2)9(12)8-6-4-3-5-7-8/h3-7,10-11H,1-2H3. The molecule has 1 rings (SSSR count). The van der Waals surface area contributed by atoms with Gasteiger partial charge in [0, 0.05) is 12.7 Å². The molecule has 1 unspecified atom stereocenters. The van der Waals surface area contributed by atoms with Crippen LogP contribution in [0.3, 0.4) is 0 Å². The molecule has 0 radical (unpaired) electrons. The van der Waals surface area contributed by atoms with Crippen molar-refractivity contribution in [2.24, 2.45) is 0 Å². The molecule has 0 saturated heterocycles. The Bertz CT molecular complexity index is 268. The highest BCUT2D eigenvalue weighted by Gasteiger charge is 2.16. The second-order valence-electron chi connectivity index (χ2n) is 2.63. The number of likely N-dealkylation sites (N-methyl/N-ethyl adjacent to an activating group) is 1. The summed E-state index contributed by atoms with van der Waals surface area (Å²) in [6, 6.07) is 9.07. The van der Waals surface area contributed by atoms with Crippen LogP contribution in [-0.4, -0.2) is 26.2 Å². The van der Waals surface area contributed by atoms with E-state index >= 15 is 0 Å². The van der Waals surface area contributed by atoms with Crippen LogP contribution in [0, 0.1) is 0 Å². The van der Waals surface area contributed by atoms with Crippen LogP contribution in [0.5, 0.6) is 0 Å². The van der Waals surface area contributed by atoms with Crippen LogP contribution in [0.1, 0.15) is 10.4 Å². The minimum atomic E-state index is -0.553. The highest BCUT2D eigenvalue weighted by molar-refractivity contribution is 5.99. The fourth-order valence-corrected chi connectivity index (χ4v) is 1.11. The van der Waals surface area contributed by atoms with Crippen LogP contribution in [-0.2, 0) is 4.74 Å². The van der Waals surface area contributed by atoms with Crippen molar-refractivity contribution in [3.63, 3.8) is 0 Å². The van der Waals surface area contributed by atoms with E-state index in [4.69, 9.17) is 4.74 Å². The van der Waals surface area contributed by atoms with Gasteiger partial charge in [0.25, 0.3) is 0 Å². The van der Waals surface area contributed by atoms with E-state index in [1.807, 2.05) is 18.2 Å². The highest BCUT2D eigenvalue weighted by atomic mass is 16.5. The van der Waals surface area contributed by atoms with Gasteiger partial charge in [-0.2, -0.15) is 0 Å². The molecule has 1 atom stereocenters. The first-order valence-corrected chi connectivity index (χ1v) is 4.09. The lowest BCUT2D eigenvalue weighted by molar-refractivity contribution is 0.0524. The first-order valence-electron chi connectivity index (χ1n) is 4.09. The Morgan fingerprint density at radius 2 is 2.00 bits per heavy atom. The van der Waals surface area contributed by atoms with Crippen molar-refractivity contribution < 1.29 is 9.53 Å². The summed E-state index contributed by atoms with van der Waals surface area (Å²) in [5, 5.41) is 2.78. The summed E-state index contributed by atoms with van der Waals surface area (Å²) >= 11 is 0. The van der Waals surface area contributed by atoms with Crippen LogP contribution < -0.4 is 5.32 Å². The van der Waals surface area contributed by atoms with Gasteiger partial charge in [-0.05, 0) is 7.05 Å². The molecule has 0 bridgehead atoms. The summed E-state index contributed by atoms with van der Waals surface area (Å²) in [6.07, 6.45) is -0.553. The molecular formula is C10H13NO2. The predicted octanol–water partition coefficient (Wildman–Crippen LogP) is 1.06. The average molecular weight is 179 g/mol. The number of hydrogen-bond acceptors (Lipinski definition) is 3. The number of ketones is 1. The van der Waals surface area contributed by atoms with Crippen LogP contribution in [0.25, 0.3) is 0 Å². The Morgan fingerprint density at radius 3 is 2.46 bits per heavy atom. The smallest absolute Gasteiger partial charge is 0.206 e. The minimum Gasteiger partial charge on any atom is -0.359 e. The zero-order valence-corrected chi connectivity index (χ0v) is 7.78. The van der Waals surface area contributed by atoms with E-state index in [2.05, 4.69) is 5.32 Å². The number of ether oxygens (including phenoxy) is 1. The predicted molar refractivity (Wildman–Crippen MR) is 50.6 cm³/mol. The quantitative estimate of drug-likeness (QED) is 0.555. The van der Waals surface area contributed by atoms with Gasteiger partial charge >= 0.3 is 0 Å².